The normalized spacial score (nSPS) is 11.8. The van der Waals surface area contributed by atoms with Crippen molar-refractivity contribution in [1.82, 2.24) is 19.6 Å². The van der Waals surface area contributed by atoms with Gasteiger partial charge < -0.3 is 4.98 Å². The Labute approximate surface area is 114 Å². The Morgan fingerprint density at radius 2 is 1.80 bits per heavy atom. The summed E-state index contributed by atoms with van der Waals surface area (Å²) in [6.45, 7) is 0. The zero-order valence-corrected chi connectivity index (χ0v) is 10.6. The van der Waals surface area contributed by atoms with Crippen LogP contribution in [0, 0.1) is 0 Å². The average molecular weight is 261 g/mol. The van der Waals surface area contributed by atoms with E-state index in [1.54, 1.807) is 17.0 Å². The SMILES string of the molecule is C(=C\c1cn2c3nccnc3[n-][n+]2c1)/c1ccccc1. The largest absolute Gasteiger partial charge is 0.361 e. The van der Waals surface area contributed by atoms with Crippen LogP contribution in [0.1, 0.15) is 11.1 Å². The van der Waals surface area contributed by atoms with E-state index in [-0.39, 0.29) is 0 Å². The van der Waals surface area contributed by atoms with Crippen molar-refractivity contribution in [2.75, 3.05) is 0 Å². The molecule has 20 heavy (non-hydrogen) atoms. The van der Waals surface area contributed by atoms with Crippen LogP contribution in [0.4, 0.5) is 0 Å². The fraction of sp³-hybridized carbons (Fsp3) is 0. The molecule has 0 N–H and O–H groups in total. The standard InChI is InChI=1S/C15H11N5/c1-2-4-12(5-3-1)6-7-13-10-19-15-14(16-8-9-17-15)18-20(19)11-13/h1-11H/b7-6+. The third-order valence-electron chi connectivity index (χ3n) is 3.10. The van der Waals surface area contributed by atoms with E-state index in [2.05, 4.69) is 39.4 Å². The molecule has 1 aromatic carbocycles. The minimum Gasteiger partial charge on any atom is -0.361 e. The first-order valence-electron chi connectivity index (χ1n) is 6.31. The van der Waals surface area contributed by atoms with E-state index in [0.717, 1.165) is 11.2 Å². The van der Waals surface area contributed by atoms with Gasteiger partial charge in [-0.15, -0.1) is 5.10 Å². The summed E-state index contributed by atoms with van der Waals surface area (Å²) < 4.78 is 3.63. The summed E-state index contributed by atoms with van der Waals surface area (Å²) in [5.74, 6) is 0. The highest BCUT2D eigenvalue weighted by molar-refractivity contribution is 5.69. The molecule has 3 heterocycles. The maximum absolute atomic E-state index is 4.36. The summed E-state index contributed by atoms with van der Waals surface area (Å²) in [7, 11) is 0. The molecule has 0 aliphatic rings. The van der Waals surface area contributed by atoms with Gasteiger partial charge in [-0.3, -0.25) is 0 Å². The first-order chi connectivity index (χ1) is 9.90. The minimum atomic E-state index is 0.645. The Balaban J connectivity index is 1.76. The van der Waals surface area contributed by atoms with E-state index >= 15 is 0 Å². The van der Waals surface area contributed by atoms with E-state index in [9.17, 15) is 0 Å². The van der Waals surface area contributed by atoms with Gasteiger partial charge >= 0.3 is 0 Å². The first-order valence-corrected chi connectivity index (χ1v) is 6.31. The zero-order valence-electron chi connectivity index (χ0n) is 10.6. The summed E-state index contributed by atoms with van der Waals surface area (Å²) in [5.41, 5.74) is 3.63. The van der Waals surface area contributed by atoms with Crippen LogP contribution in [0.2, 0.25) is 0 Å². The van der Waals surface area contributed by atoms with Crippen molar-refractivity contribution in [2.45, 2.75) is 0 Å². The molecule has 0 amide bonds. The lowest BCUT2D eigenvalue weighted by atomic mass is 10.2. The van der Waals surface area contributed by atoms with Crippen LogP contribution < -0.4 is 9.73 Å². The molecule has 0 bridgehead atoms. The van der Waals surface area contributed by atoms with Gasteiger partial charge in [-0.1, -0.05) is 41.0 Å². The Morgan fingerprint density at radius 3 is 2.70 bits per heavy atom. The van der Waals surface area contributed by atoms with Crippen LogP contribution in [-0.2, 0) is 0 Å². The molecular formula is C15H11N5. The molecule has 0 atom stereocenters. The minimum absolute atomic E-state index is 0.645. The van der Waals surface area contributed by atoms with Crippen molar-refractivity contribution < 1.29 is 4.63 Å². The average Bonchev–Trinajstić information content (AvgIpc) is 3.03. The summed E-state index contributed by atoms with van der Waals surface area (Å²) >= 11 is 0. The molecule has 0 aliphatic carbocycles. The van der Waals surface area contributed by atoms with E-state index in [0.29, 0.717) is 5.65 Å². The van der Waals surface area contributed by atoms with Crippen molar-refractivity contribution in [3.63, 3.8) is 0 Å². The maximum Gasteiger partial charge on any atom is 0.210 e. The van der Waals surface area contributed by atoms with Gasteiger partial charge in [0.25, 0.3) is 0 Å². The Morgan fingerprint density at radius 1 is 1.00 bits per heavy atom. The van der Waals surface area contributed by atoms with E-state index in [1.807, 2.05) is 35.1 Å². The number of fused-ring (bicyclic) bond motifs is 3. The van der Waals surface area contributed by atoms with E-state index < -0.39 is 0 Å². The Kier molecular flexibility index (Phi) is 2.35. The van der Waals surface area contributed by atoms with Gasteiger partial charge in [-0.2, -0.15) is 4.52 Å². The van der Waals surface area contributed by atoms with Crippen LogP contribution in [-0.4, -0.2) is 14.5 Å². The van der Waals surface area contributed by atoms with Crippen molar-refractivity contribution in [2.24, 2.45) is 0 Å². The van der Waals surface area contributed by atoms with Gasteiger partial charge in [0.1, 0.15) is 5.65 Å². The molecule has 0 saturated heterocycles. The van der Waals surface area contributed by atoms with Crippen molar-refractivity contribution in [1.29, 1.82) is 0 Å². The third kappa shape index (κ3) is 1.76. The second-order valence-corrected chi connectivity index (χ2v) is 4.47. The topological polar surface area (TPSA) is 48.4 Å². The lowest BCUT2D eigenvalue weighted by Crippen LogP contribution is -2.28. The molecule has 96 valence electrons. The highest BCUT2D eigenvalue weighted by Gasteiger charge is 2.07. The highest BCUT2D eigenvalue weighted by atomic mass is 15.5. The molecule has 0 spiro atoms. The molecule has 4 rings (SSSR count). The van der Waals surface area contributed by atoms with Gasteiger partial charge in [0, 0.05) is 18.0 Å². The first kappa shape index (κ1) is 10.9. The molecule has 0 aliphatic heterocycles. The summed E-state index contributed by atoms with van der Waals surface area (Å²) in [6.07, 6.45) is 11.4. The highest BCUT2D eigenvalue weighted by Crippen LogP contribution is 2.08. The predicted octanol–water partition coefficient (Wildman–Crippen LogP) is 1.60. The van der Waals surface area contributed by atoms with Gasteiger partial charge in [-0.25, -0.2) is 4.98 Å². The van der Waals surface area contributed by atoms with Crippen LogP contribution >= 0.6 is 0 Å². The fourth-order valence-corrected chi connectivity index (χ4v) is 2.16. The van der Waals surface area contributed by atoms with Crippen LogP contribution in [0.25, 0.3) is 23.4 Å². The van der Waals surface area contributed by atoms with Crippen molar-refractivity contribution in [3.8, 4) is 0 Å². The van der Waals surface area contributed by atoms with E-state index in [1.165, 1.54) is 5.56 Å². The summed E-state index contributed by atoms with van der Waals surface area (Å²) in [6, 6.07) is 10.2. The summed E-state index contributed by atoms with van der Waals surface area (Å²) in [4.78, 5) is 8.47. The van der Waals surface area contributed by atoms with Crippen LogP contribution in [0.3, 0.4) is 0 Å². The second-order valence-electron chi connectivity index (χ2n) is 4.47. The number of nitrogens with zero attached hydrogens (tertiary/aromatic N) is 5. The third-order valence-corrected chi connectivity index (χ3v) is 3.10. The van der Waals surface area contributed by atoms with Gasteiger partial charge in [0.15, 0.2) is 5.65 Å². The second kappa shape index (κ2) is 4.31. The predicted molar refractivity (Wildman–Crippen MR) is 74.8 cm³/mol. The van der Waals surface area contributed by atoms with Crippen LogP contribution in [0.5, 0.6) is 0 Å². The Bertz CT molecular complexity index is 902. The molecular weight excluding hydrogens is 250 g/mol. The molecule has 0 unspecified atom stereocenters. The quantitative estimate of drug-likeness (QED) is 0.515. The monoisotopic (exact) mass is 261 g/mol. The number of hydrogen-bond donors (Lipinski definition) is 0. The molecule has 5 nitrogen and oxygen atoms in total. The number of aromatic nitrogens is 5. The zero-order chi connectivity index (χ0) is 13.4. The van der Waals surface area contributed by atoms with Gasteiger partial charge in [0.05, 0.1) is 0 Å². The fourth-order valence-electron chi connectivity index (χ4n) is 2.16. The number of benzene rings is 1. The van der Waals surface area contributed by atoms with Gasteiger partial charge in [0.2, 0.25) is 6.20 Å². The lowest BCUT2D eigenvalue weighted by Gasteiger charge is -1.90. The number of rotatable bonds is 2. The molecule has 0 saturated carbocycles. The molecule has 3 aromatic heterocycles. The van der Waals surface area contributed by atoms with Crippen molar-refractivity contribution in [3.05, 3.63) is 66.2 Å². The van der Waals surface area contributed by atoms with E-state index in [4.69, 9.17) is 0 Å². The van der Waals surface area contributed by atoms with Gasteiger partial charge in [-0.05, 0) is 17.8 Å². The summed E-state index contributed by atoms with van der Waals surface area (Å²) in [5, 5.41) is 4.36. The van der Waals surface area contributed by atoms with Crippen molar-refractivity contribution >= 4 is 23.4 Å². The molecule has 4 aromatic rings. The molecule has 5 heteroatoms. The Hall–Kier alpha value is -2.95. The number of hydrogen-bond acceptors (Lipinski definition) is 2. The molecule has 0 fully saturated rings. The van der Waals surface area contributed by atoms with Crippen LogP contribution in [0.15, 0.2) is 55.1 Å². The smallest absolute Gasteiger partial charge is 0.210 e. The lowest BCUT2D eigenvalue weighted by molar-refractivity contribution is -0.674. The molecule has 0 radical (unpaired) electrons. The maximum atomic E-state index is 4.36.